The van der Waals surface area contributed by atoms with Crippen molar-refractivity contribution in [1.82, 2.24) is 19.4 Å². The molecule has 6 heteroatoms. The van der Waals surface area contributed by atoms with E-state index in [1.54, 1.807) is 7.11 Å². The highest BCUT2D eigenvalue weighted by molar-refractivity contribution is 5.29. The van der Waals surface area contributed by atoms with Gasteiger partial charge in [-0.25, -0.2) is 4.98 Å². The van der Waals surface area contributed by atoms with Gasteiger partial charge in [-0.05, 0) is 27.4 Å². The first kappa shape index (κ1) is 16.3. The van der Waals surface area contributed by atoms with Crippen LogP contribution in [-0.4, -0.2) is 79.4 Å². The molecule has 2 heterocycles. The zero-order chi connectivity index (χ0) is 15.2. The summed E-state index contributed by atoms with van der Waals surface area (Å²) < 4.78 is 7.32. The molecule has 0 amide bonds. The predicted octanol–water partition coefficient (Wildman–Crippen LogP) is 0.886. The molecule has 0 bridgehead atoms. The first-order valence-corrected chi connectivity index (χ1v) is 7.75. The number of ether oxygens (including phenoxy) is 1. The van der Waals surface area contributed by atoms with Gasteiger partial charge in [0, 0.05) is 58.7 Å². The molecule has 0 spiro atoms. The highest BCUT2D eigenvalue weighted by Crippen LogP contribution is 2.12. The van der Waals surface area contributed by atoms with Gasteiger partial charge in [0.15, 0.2) is 0 Å². The van der Waals surface area contributed by atoms with E-state index in [1.807, 2.05) is 6.92 Å². The van der Waals surface area contributed by atoms with E-state index in [0.29, 0.717) is 6.04 Å². The number of nitrogens with zero attached hydrogens (tertiary/aromatic N) is 4. The average molecular weight is 295 g/mol. The van der Waals surface area contributed by atoms with E-state index in [4.69, 9.17) is 4.74 Å². The van der Waals surface area contributed by atoms with Crippen molar-refractivity contribution in [1.29, 1.82) is 0 Å². The minimum absolute atomic E-state index is 0.535. The van der Waals surface area contributed by atoms with Crippen molar-refractivity contribution in [2.75, 3.05) is 59.3 Å². The van der Waals surface area contributed by atoms with Crippen LogP contribution in [0.3, 0.4) is 0 Å². The summed E-state index contributed by atoms with van der Waals surface area (Å²) >= 11 is 0. The molecule has 0 aliphatic carbocycles. The maximum absolute atomic E-state index is 5.12. The van der Waals surface area contributed by atoms with Crippen LogP contribution in [0.2, 0.25) is 0 Å². The lowest BCUT2D eigenvalue weighted by Gasteiger charge is -2.37. The molecule has 1 aromatic rings. The third-order valence-electron chi connectivity index (χ3n) is 4.12. The maximum atomic E-state index is 5.12. The van der Waals surface area contributed by atoms with Crippen molar-refractivity contribution in [3.63, 3.8) is 0 Å². The number of aryl methyl sites for hydroxylation is 2. The van der Waals surface area contributed by atoms with E-state index in [-0.39, 0.29) is 0 Å². The van der Waals surface area contributed by atoms with Crippen molar-refractivity contribution in [2.45, 2.75) is 25.9 Å². The van der Waals surface area contributed by atoms with E-state index in [1.165, 1.54) is 0 Å². The van der Waals surface area contributed by atoms with E-state index < -0.39 is 0 Å². The van der Waals surface area contributed by atoms with Crippen molar-refractivity contribution in [3.8, 4) is 0 Å². The number of anilines is 1. The summed E-state index contributed by atoms with van der Waals surface area (Å²) in [6.07, 6.45) is 3.11. The van der Waals surface area contributed by atoms with Crippen LogP contribution in [0.15, 0.2) is 6.20 Å². The number of aromatic nitrogens is 2. The number of rotatable bonds is 7. The van der Waals surface area contributed by atoms with Gasteiger partial charge in [0.05, 0.1) is 5.69 Å². The van der Waals surface area contributed by atoms with Crippen LogP contribution in [0.25, 0.3) is 0 Å². The molecule has 1 aliphatic rings. The van der Waals surface area contributed by atoms with Gasteiger partial charge in [-0.3, -0.25) is 4.90 Å². The van der Waals surface area contributed by atoms with Crippen LogP contribution in [-0.2, 0) is 11.3 Å². The van der Waals surface area contributed by atoms with E-state index in [9.17, 15) is 0 Å². The number of nitrogens with one attached hydrogen (secondary N) is 1. The second kappa shape index (κ2) is 7.77. The second-order valence-corrected chi connectivity index (χ2v) is 6.02. The van der Waals surface area contributed by atoms with E-state index in [0.717, 1.165) is 57.4 Å². The number of methoxy groups -OCH3 is 1. The Morgan fingerprint density at radius 2 is 2.19 bits per heavy atom. The second-order valence-electron chi connectivity index (χ2n) is 6.02. The van der Waals surface area contributed by atoms with Crippen molar-refractivity contribution < 1.29 is 4.74 Å². The first-order chi connectivity index (χ1) is 10.1. The summed E-state index contributed by atoms with van der Waals surface area (Å²) in [5.41, 5.74) is 1.06. The molecule has 1 aliphatic heterocycles. The summed E-state index contributed by atoms with van der Waals surface area (Å²) in [5.74, 6) is 0.977. The molecule has 1 saturated heterocycles. The van der Waals surface area contributed by atoms with Gasteiger partial charge in [0.25, 0.3) is 0 Å². The molecule has 1 unspecified atom stereocenters. The SMILES string of the molecule is COCCCn1cc(C)nc1NCC1CN(C)CCN1C. The third-order valence-corrected chi connectivity index (χ3v) is 4.12. The number of hydrogen-bond acceptors (Lipinski definition) is 5. The number of likely N-dealkylation sites (N-methyl/N-ethyl adjacent to an activating group) is 2. The van der Waals surface area contributed by atoms with Gasteiger partial charge in [-0.2, -0.15) is 0 Å². The van der Waals surface area contributed by atoms with E-state index >= 15 is 0 Å². The Balaban J connectivity index is 1.89. The molecule has 1 fully saturated rings. The zero-order valence-electron chi connectivity index (χ0n) is 13.8. The molecular formula is C15H29N5O. The minimum atomic E-state index is 0.535. The van der Waals surface area contributed by atoms with Gasteiger partial charge in [-0.15, -0.1) is 0 Å². The largest absolute Gasteiger partial charge is 0.385 e. The quantitative estimate of drug-likeness (QED) is 0.757. The predicted molar refractivity (Wildman–Crippen MR) is 85.9 cm³/mol. The Labute approximate surface area is 128 Å². The lowest BCUT2D eigenvalue weighted by atomic mass is 10.2. The molecule has 1 N–H and O–H groups in total. The normalized spacial score (nSPS) is 20.9. The van der Waals surface area contributed by atoms with Crippen LogP contribution >= 0.6 is 0 Å². The van der Waals surface area contributed by atoms with Gasteiger partial charge in [0.2, 0.25) is 5.95 Å². The fraction of sp³-hybridized carbons (Fsp3) is 0.800. The Kier molecular flexibility index (Phi) is 6.02. The third kappa shape index (κ3) is 4.69. The summed E-state index contributed by atoms with van der Waals surface area (Å²) in [6, 6.07) is 0.535. The smallest absolute Gasteiger partial charge is 0.203 e. The Bertz CT molecular complexity index is 434. The molecule has 6 nitrogen and oxygen atoms in total. The van der Waals surface area contributed by atoms with Crippen LogP contribution in [0.4, 0.5) is 5.95 Å². The van der Waals surface area contributed by atoms with Gasteiger partial charge in [0.1, 0.15) is 0 Å². The van der Waals surface area contributed by atoms with Gasteiger partial charge < -0.3 is 19.5 Å². The van der Waals surface area contributed by atoms with Gasteiger partial charge in [-0.1, -0.05) is 0 Å². The van der Waals surface area contributed by atoms with Crippen LogP contribution < -0.4 is 5.32 Å². The van der Waals surface area contributed by atoms with Crippen LogP contribution in [0, 0.1) is 6.92 Å². The Morgan fingerprint density at radius 1 is 1.38 bits per heavy atom. The standard InChI is InChI=1S/C15H29N5O/c1-13-11-20(6-5-9-21-4)15(17-13)16-10-14-12-18(2)7-8-19(14)3/h11,14H,5-10,12H2,1-4H3,(H,16,17). The maximum Gasteiger partial charge on any atom is 0.203 e. The Hall–Kier alpha value is -1.11. The summed E-state index contributed by atoms with van der Waals surface area (Å²) in [7, 11) is 6.14. The summed E-state index contributed by atoms with van der Waals surface area (Å²) in [4.78, 5) is 9.42. The molecular weight excluding hydrogens is 266 g/mol. The average Bonchev–Trinajstić information content (AvgIpc) is 2.80. The van der Waals surface area contributed by atoms with E-state index in [2.05, 4.69) is 45.0 Å². The highest BCUT2D eigenvalue weighted by Gasteiger charge is 2.22. The summed E-state index contributed by atoms with van der Waals surface area (Å²) in [5, 5.41) is 3.52. The molecule has 1 atom stereocenters. The number of piperazine rings is 1. The lowest BCUT2D eigenvalue weighted by Crippen LogP contribution is -2.52. The Morgan fingerprint density at radius 3 is 2.95 bits per heavy atom. The minimum Gasteiger partial charge on any atom is -0.385 e. The first-order valence-electron chi connectivity index (χ1n) is 7.75. The highest BCUT2D eigenvalue weighted by atomic mass is 16.5. The van der Waals surface area contributed by atoms with Crippen LogP contribution in [0.1, 0.15) is 12.1 Å². The molecule has 120 valence electrons. The number of imidazole rings is 1. The topological polar surface area (TPSA) is 45.6 Å². The molecule has 0 radical (unpaired) electrons. The van der Waals surface area contributed by atoms with Gasteiger partial charge >= 0.3 is 0 Å². The lowest BCUT2D eigenvalue weighted by molar-refractivity contribution is 0.121. The monoisotopic (exact) mass is 295 g/mol. The van der Waals surface area contributed by atoms with Crippen molar-refractivity contribution in [3.05, 3.63) is 11.9 Å². The fourth-order valence-corrected chi connectivity index (χ4v) is 2.77. The molecule has 0 aromatic carbocycles. The zero-order valence-corrected chi connectivity index (χ0v) is 13.8. The summed E-state index contributed by atoms with van der Waals surface area (Å²) in [6.45, 7) is 8.08. The molecule has 0 saturated carbocycles. The molecule has 21 heavy (non-hydrogen) atoms. The molecule has 2 rings (SSSR count). The van der Waals surface area contributed by atoms with Crippen molar-refractivity contribution in [2.24, 2.45) is 0 Å². The fourth-order valence-electron chi connectivity index (χ4n) is 2.77. The number of hydrogen-bond donors (Lipinski definition) is 1. The van der Waals surface area contributed by atoms with Crippen molar-refractivity contribution >= 4 is 5.95 Å². The molecule has 1 aromatic heterocycles. The van der Waals surface area contributed by atoms with Crippen LogP contribution in [0.5, 0.6) is 0 Å².